The van der Waals surface area contributed by atoms with Crippen molar-refractivity contribution in [1.29, 1.82) is 0 Å². The number of hydrogen-bond acceptors (Lipinski definition) is 5. The largest absolute Gasteiger partial charge is 0.377 e. The van der Waals surface area contributed by atoms with Gasteiger partial charge < -0.3 is 15.4 Å². The molecule has 0 aliphatic rings. The summed E-state index contributed by atoms with van der Waals surface area (Å²) in [5, 5.41) is 0. The lowest BCUT2D eigenvalue weighted by Gasteiger charge is -2.20. The molecule has 18 heavy (non-hydrogen) atoms. The van der Waals surface area contributed by atoms with E-state index in [1.807, 2.05) is 13.8 Å². The standard InChI is InChI=1S/C12H21N3O2S/c1-4-17-10(6-13)5-12(16)15(3)7-11-9(2)14-8-18-11/h8,10H,4-7,13H2,1-3H3. The summed E-state index contributed by atoms with van der Waals surface area (Å²) in [6.07, 6.45) is 0.145. The van der Waals surface area contributed by atoms with Crippen LogP contribution in [0, 0.1) is 6.92 Å². The van der Waals surface area contributed by atoms with Crippen molar-refractivity contribution in [1.82, 2.24) is 9.88 Å². The fourth-order valence-corrected chi connectivity index (χ4v) is 2.41. The van der Waals surface area contributed by atoms with E-state index in [1.165, 1.54) is 0 Å². The van der Waals surface area contributed by atoms with Crippen molar-refractivity contribution in [3.05, 3.63) is 16.1 Å². The molecule has 0 saturated heterocycles. The summed E-state index contributed by atoms with van der Waals surface area (Å²) >= 11 is 1.57. The summed E-state index contributed by atoms with van der Waals surface area (Å²) in [6, 6.07) is 0. The normalized spacial score (nSPS) is 12.4. The van der Waals surface area contributed by atoms with Gasteiger partial charge >= 0.3 is 0 Å². The van der Waals surface area contributed by atoms with E-state index in [1.54, 1.807) is 28.8 Å². The van der Waals surface area contributed by atoms with Crippen molar-refractivity contribution in [3.8, 4) is 0 Å². The quantitative estimate of drug-likeness (QED) is 0.808. The molecule has 5 nitrogen and oxygen atoms in total. The molecule has 0 aromatic carbocycles. The lowest BCUT2D eigenvalue weighted by molar-refractivity contribution is -0.133. The van der Waals surface area contributed by atoms with Gasteiger partial charge in [-0.15, -0.1) is 11.3 Å². The van der Waals surface area contributed by atoms with E-state index < -0.39 is 0 Å². The molecule has 1 amide bonds. The highest BCUT2D eigenvalue weighted by Gasteiger charge is 2.17. The van der Waals surface area contributed by atoms with Crippen molar-refractivity contribution in [2.75, 3.05) is 20.2 Å². The molecule has 0 radical (unpaired) electrons. The van der Waals surface area contributed by atoms with Crippen LogP contribution in [0.3, 0.4) is 0 Å². The average molecular weight is 271 g/mol. The molecule has 6 heteroatoms. The number of carbonyl (C=O) groups is 1. The number of nitrogens with two attached hydrogens (primary N) is 1. The highest BCUT2D eigenvalue weighted by atomic mass is 32.1. The molecule has 0 saturated carbocycles. The van der Waals surface area contributed by atoms with Crippen LogP contribution >= 0.6 is 11.3 Å². The molecule has 2 N–H and O–H groups in total. The number of amides is 1. The lowest BCUT2D eigenvalue weighted by atomic mass is 10.2. The van der Waals surface area contributed by atoms with Gasteiger partial charge in [0, 0.05) is 25.1 Å². The zero-order valence-corrected chi connectivity index (χ0v) is 12.0. The number of rotatable bonds is 7. The Kier molecular flexibility index (Phi) is 6.24. The molecule has 0 aliphatic carbocycles. The molecule has 0 spiro atoms. The van der Waals surface area contributed by atoms with E-state index in [4.69, 9.17) is 10.5 Å². The van der Waals surface area contributed by atoms with E-state index in [0.717, 1.165) is 10.6 Å². The number of ether oxygens (including phenoxy) is 1. The van der Waals surface area contributed by atoms with Crippen LogP contribution in [0.2, 0.25) is 0 Å². The van der Waals surface area contributed by atoms with Gasteiger partial charge in [0.2, 0.25) is 5.91 Å². The summed E-state index contributed by atoms with van der Waals surface area (Å²) in [7, 11) is 1.79. The Balaban J connectivity index is 2.48. The Morgan fingerprint density at radius 3 is 2.89 bits per heavy atom. The Morgan fingerprint density at radius 2 is 2.39 bits per heavy atom. The van der Waals surface area contributed by atoms with Gasteiger partial charge in [-0.2, -0.15) is 0 Å². The van der Waals surface area contributed by atoms with Crippen molar-refractivity contribution >= 4 is 17.2 Å². The highest BCUT2D eigenvalue weighted by molar-refractivity contribution is 7.09. The summed E-state index contributed by atoms with van der Waals surface area (Å²) < 4.78 is 5.39. The molecule has 0 aliphatic heterocycles. The van der Waals surface area contributed by atoms with Gasteiger partial charge in [0.25, 0.3) is 0 Å². The second-order valence-corrected chi connectivity index (χ2v) is 5.07. The summed E-state index contributed by atoms with van der Waals surface area (Å²) in [5.74, 6) is 0.0479. The van der Waals surface area contributed by atoms with E-state index in [9.17, 15) is 4.79 Å². The number of carbonyl (C=O) groups excluding carboxylic acids is 1. The van der Waals surface area contributed by atoms with Crippen molar-refractivity contribution < 1.29 is 9.53 Å². The number of hydrogen-bond donors (Lipinski definition) is 1. The Labute approximate surface area is 112 Å². The van der Waals surface area contributed by atoms with Gasteiger partial charge in [-0.05, 0) is 13.8 Å². The van der Waals surface area contributed by atoms with Crippen LogP contribution in [-0.4, -0.2) is 42.1 Å². The predicted molar refractivity (Wildman–Crippen MR) is 72.4 cm³/mol. The SMILES string of the molecule is CCOC(CN)CC(=O)N(C)Cc1scnc1C. The van der Waals surface area contributed by atoms with Crippen LogP contribution in [0.25, 0.3) is 0 Å². The van der Waals surface area contributed by atoms with Gasteiger partial charge in [0.05, 0.1) is 30.3 Å². The van der Waals surface area contributed by atoms with E-state index >= 15 is 0 Å². The molecular formula is C12H21N3O2S. The van der Waals surface area contributed by atoms with Crippen molar-refractivity contribution in [3.63, 3.8) is 0 Å². The zero-order valence-electron chi connectivity index (χ0n) is 11.2. The van der Waals surface area contributed by atoms with Gasteiger partial charge in [-0.1, -0.05) is 0 Å². The Hall–Kier alpha value is -0.980. The second-order valence-electron chi connectivity index (χ2n) is 4.13. The Morgan fingerprint density at radius 1 is 1.67 bits per heavy atom. The number of thiazole rings is 1. The molecule has 1 heterocycles. The first-order chi connectivity index (χ1) is 8.58. The fourth-order valence-electron chi connectivity index (χ4n) is 1.58. The van der Waals surface area contributed by atoms with Crippen LogP contribution in [0.15, 0.2) is 5.51 Å². The third kappa shape index (κ3) is 4.36. The second kappa shape index (κ2) is 7.45. The van der Waals surface area contributed by atoms with Gasteiger partial charge in [-0.3, -0.25) is 4.79 Å². The predicted octanol–water partition coefficient (Wildman–Crippen LogP) is 1.16. The van der Waals surface area contributed by atoms with E-state index in [0.29, 0.717) is 26.1 Å². The number of aryl methyl sites for hydroxylation is 1. The maximum Gasteiger partial charge on any atom is 0.225 e. The van der Waals surface area contributed by atoms with E-state index in [-0.39, 0.29) is 12.0 Å². The first kappa shape index (κ1) is 15.1. The molecule has 1 atom stereocenters. The molecule has 1 rings (SSSR count). The molecule has 102 valence electrons. The number of nitrogens with zero attached hydrogens (tertiary/aromatic N) is 2. The van der Waals surface area contributed by atoms with Crippen LogP contribution in [0.4, 0.5) is 0 Å². The smallest absolute Gasteiger partial charge is 0.225 e. The van der Waals surface area contributed by atoms with Crippen molar-refractivity contribution in [2.45, 2.75) is 32.9 Å². The van der Waals surface area contributed by atoms with Crippen LogP contribution in [0.5, 0.6) is 0 Å². The summed E-state index contributed by atoms with van der Waals surface area (Å²) in [4.78, 5) is 19.0. The first-order valence-corrected chi connectivity index (χ1v) is 6.91. The molecule has 1 aromatic heterocycles. The monoisotopic (exact) mass is 271 g/mol. The summed E-state index contributed by atoms with van der Waals surface area (Å²) in [5.41, 5.74) is 8.35. The highest BCUT2D eigenvalue weighted by Crippen LogP contribution is 2.15. The minimum absolute atomic E-state index is 0.0479. The van der Waals surface area contributed by atoms with Crippen LogP contribution in [0.1, 0.15) is 23.9 Å². The zero-order chi connectivity index (χ0) is 13.5. The van der Waals surface area contributed by atoms with Gasteiger partial charge in [0.1, 0.15) is 0 Å². The first-order valence-electron chi connectivity index (χ1n) is 6.03. The lowest BCUT2D eigenvalue weighted by Crippen LogP contribution is -2.33. The molecular weight excluding hydrogens is 250 g/mol. The molecule has 0 bridgehead atoms. The minimum atomic E-state index is -0.187. The molecule has 0 fully saturated rings. The van der Waals surface area contributed by atoms with Gasteiger partial charge in [0.15, 0.2) is 0 Å². The molecule has 1 unspecified atom stereocenters. The Bertz CT molecular complexity index is 381. The van der Waals surface area contributed by atoms with Gasteiger partial charge in [-0.25, -0.2) is 4.98 Å². The maximum absolute atomic E-state index is 12.0. The summed E-state index contributed by atoms with van der Waals surface area (Å²) in [6.45, 7) is 5.39. The van der Waals surface area contributed by atoms with Crippen LogP contribution < -0.4 is 5.73 Å². The van der Waals surface area contributed by atoms with Crippen LogP contribution in [-0.2, 0) is 16.1 Å². The minimum Gasteiger partial charge on any atom is -0.377 e. The van der Waals surface area contributed by atoms with Crippen molar-refractivity contribution in [2.24, 2.45) is 5.73 Å². The van der Waals surface area contributed by atoms with E-state index in [2.05, 4.69) is 4.98 Å². The number of aromatic nitrogens is 1. The third-order valence-corrected chi connectivity index (χ3v) is 3.64. The topological polar surface area (TPSA) is 68.5 Å². The third-order valence-electron chi connectivity index (χ3n) is 2.72. The molecule has 1 aromatic rings. The average Bonchev–Trinajstić information content (AvgIpc) is 2.74. The fraction of sp³-hybridized carbons (Fsp3) is 0.667. The maximum atomic E-state index is 12.0.